The van der Waals surface area contributed by atoms with Crippen LogP contribution in [0.2, 0.25) is 0 Å². The van der Waals surface area contributed by atoms with Gasteiger partial charge < -0.3 is 20.4 Å². The second-order valence-corrected chi connectivity index (χ2v) is 12.0. The van der Waals surface area contributed by atoms with Crippen molar-refractivity contribution in [2.24, 2.45) is 0 Å². The Bertz CT molecular complexity index is 1330. The number of aryl methyl sites for hydroxylation is 3. The third-order valence-electron chi connectivity index (χ3n) is 8.43. The lowest BCUT2D eigenvalue weighted by molar-refractivity contribution is 0.0930. The van der Waals surface area contributed by atoms with Gasteiger partial charge in [-0.15, -0.1) is 0 Å². The fourth-order valence-corrected chi connectivity index (χ4v) is 6.00. The van der Waals surface area contributed by atoms with Crippen molar-refractivity contribution in [3.05, 3.63) is 94.3 Å². The highest BCUT2D eigenvalue weighted by molar-refractivity contribution is 6.00. The number of carbonyl (C=O) groups is 2. The lowest BCUT2D eigenvalue weighted by Crippen LogP contribution is -2.48. The van der Waals surface area contributed by atoms with Crippen molar-refractivity contribution in [3.63, 3.8) is 0 Å². The van der Waals surface area contributed by atoms with E-state index in [9.17, 15) is 9.59 Å². The summed E-state index contributed by atoms with van der Waals surface area (Å²) in [5.41, 5.74) is 6.69. The van der Waals surface area contributed by atoms with Crippen LogP contribution in [-0.4, -0.2) is 59.5 Å². The number of nitrogens with one attached hydrogen (secondary N) is 2. The molecular weight excluding hydrogens is 522 g/mol. The third kappa shape index (κ3) is 7.97. The van der Waals surface area contributed by atoms with Crippen LogP contribution in [0.1, 0.15) is 83.0 Å². The van der Waals surface area contributed by atoms with Gasteiger partial charge in [0, 0.05) is 73.5 Å². The predicted molar refractivity (Wildman–Crippen MR) is 171 cm³/mol. The van der Waals surface area contributed by atoms with Gasteiger partial charge in [-0.1, -0.05) is 18.2 Å². The summed E-state index contributed by atoms with van der Waals surface area (Å²) in [5.74, 6) is -0.184. The lowest BCUT2D eigenvalue weighted by atomic mass is 9.98. The van der Waals surface area contributed by atoms with Crippen LogP contribution in [-0.2, 0) is 6.54 Å². The quantitative estimate of drug-likeness (QED) is 0.304. The molecule has 2 aromatic carbocycles. The van der Waals surface area contributed by atoms with E-state index in [2.05, 4.69) is 75.7 Å². The van der Waals surface area contributed by atoms with Crippen LogP contribution in [0.4, 0.5) is 5.69 Å². The smallest absolute Gasteiger partial charge is 0.252 e. The molecule has 1 atom stereocenters. The summed E-state index contributed by atoms with van der Waals surface area (Å²) in [4.78, 5) is 35.0. The number of pyridine rings is 1. The Morgan fingerprint density at radius 3 is 2.24 bits per heavy atom. The van der Waals surface area contributed by atoms with Gasteiger partial charge in [-0.05, 0) is 113 Å². The second kappa shape index (κ2) is 14.5. The Balaban J connectivity index is 1.30. The number of aromatic nitrogens is 1. The molecule has 0 saturated carbocycles. The summed E-state index contributed by atoms with van der Waals surface area (Å²) in [6.07, 6.45) is 6.94. The first kappa shape index (κ1) is 31.2. The topological polar surface area (TPSA) is 77.6 Å². The molecule has 2 heterocycles. The molecule has 0 unspecified atom stereocenters. The molecule has 2 N–H and O–H groups in total. The van der Waals surface area contributed by atoms with Gasteiger partial charge in [0.05, 0.1) is 0 Å². The molecule has 1 aliphatic heterocycles. The van der Waals surface area contributed by atoms with Crippen LogP contribution < -0.4 is 15.5 Å². The molecule has 1 saturated heterocycles. The average Bonchev–Trinajstić information content (AvgIpc) is 2.96. The number of benzene rings is 2. The van der Waals surface area contributed by atoms with Crippen molar-refractivity contribution >= 4 is 17.5 Å². The van der Waals surface area contributed by atoms with Gasteiger partial charge in [0.1, 0.15) is 0 Å². The van der Waals surface area contributed by atoms with Gasteiger partial charge in [-0.3, -0.25) is 14.6 Å². The third-order valence-corrected chi connectivity index (χ3v) is 8.43. The summed E-state index contributed by atoms with van der Waals surface area (Å²) in [6.45, 7) is 15.6. The maximum Gasteiger partial charge on any atom is 0.252 e. The maximum absolute atomic E-state index is 13.0. The van der Waals surface area contributed by atoms with Crippen LogP contribution in [0.15, 0.2) is 60.9 Å². The Morgan fingerprint density at radius 2 is 1.62 bits per heavy atom. The first-order valence-corrected chi connectivity index (χ1v) is 15.3. The van der Waals surface area contributed by atoms with E-state index in [1.54, 1.807) is 0 Å². The SMILES string of the molecule is Cc1ccncc1CN(c1ccccc1)C1CCN([C@H](C)CCNC(=O)c2cc(C)c(C(=O)NC(C)C)c(C)c2)CC1. The van der Waals surface area contributed by atoms with Crippen LogP contribution in [0.3, 0.4) is 0 Å². The fourth-order valence-electron chi connectivity index (χ4n) is 6.00. The summed E-state index contributed by atoms with van der Waals surface area (Å²) in [7, 11) is 0. The number of hydrogen-bond acceptors (Lipinski definition) is 5. The number of rotatable bonds is 11. The Morgan fingerprint density at radius 1 is 0.952 bits per heavy atom. The number of nitrogens with zero attached hydrogens (tertiary/aromatic N) is 3. The van der Waals surface area contributed by atoms with E-state index in [1.165, 1.54) is 16.8 Å². The van der Waals surface area contributed by atoms with Gasteiger partial charge in [0.2, 0.25) is 0 Å². The molecule has 7 heteroatoms. The van der Waals surface area contributed by atoms with E-state index in [-0.39, 0.29) is 17.9 Å². The molecule has 0 spiro atoms. The van der Waals surface area contributed by atoms with Crippen molar-refractivity contribution < 1.29 is 9.59 Å². The Labute approximate surface area is 251 Å². The van der Waals surface area contributed by atoms with Crippen LogP contribution in [0, 0.1) is 20.8 Å². The van der Waals surface area contributed by atoms with Crippen molar-refractivity contribution in [3.8, 4) is 0 Å². The summed E-state index contributed by atoms with van der Waals surface area (Å²) < 4.78 is 0. The number of piperidine rings is 1. The minimum absolute atomic E-state index is 0.0611. The molecule has 3 aromatic rings. The molecule has 0 radical (unpaired) electrons. The van der Waals surface area contributed by atoms with E-state index in [0.717, 1.165) is 50.0 Å². The molecule has 42 heavy (non-hydrogen) atoms. The van der Waals surface area contributed by atoms with E-state index in [1.807, 2.05) is 52.2 Å². The van der Waals surface area contributed by atoms with Crippen LogP contribution >= 0.6 is 0 Å². The Hall–Kier alpha value is -3.71. The van der Waals surface area contributed by atoms with E-state index in [0.29, 0.717) is 29.8 Å². The number of para-hydroxylation sites is 1. The molecular formula is C35H47N5O2. The Kier molecular flexibility index (Phi) is 10.7. The maximum atomic E-state index is 13.0. The van der Waals surface area contributed by atoms with Gasteiger partial charge in [0.15, 0.2) is 0 Å². The largest absolute Gasteiger partial charge is 0.364 e. The molecule has 2 amide bonds. The van der Waals surface area contributed by atoms with Crippen molar-refractivity contribution in [2.75, 3.05) is 24.5 Å². The lowest BCUT2D eigenvalue weighted by Gasteiger charge is -2.42. The summed E-state index contributed by atoms with van der Waals surface area (Å²) >= 11 is 0. The van der Waals surface area contributed by atoms with E-state index in [4.69, 9.17) is 0 Å². The molecule has 224 valence electrons. The first-order valence-electron chi connectivity index (χ1n) is 15.3. The minimum atomic E-state index is -0.0939. The zero-order chi connectivity index (χ0) is 30.2. The second-order valence-electron chi connectivity index (χ2n) is 12.0. The normalized spacial score (nSPS) is 14.9. The molecule has 0 aliphatic carbocycles. The van der Waals surface area contributed by atoms with Crippen LogP contribution in [0.25, 0.3) is 0 Å². The molecule has 4 rings (SSSR count). The zero-order valence-corrected chi connectivity index (χ0v) is 26.1. The fraction of sp³-hybridized carbons (Fsp3) is 0.457. The van der Waals surface area contributed by atoms with Gasteiger partial charge in [-0.2, -0.15) is 0 Å². The molecule has 1 fully saturated rings. The van der Waals surface area contributed by atoms with Crippen LogP contribution in [0.5, 0.6) is 0 Å². The minimum Gasteiger partial charge on any atom is -0.364 e. The van der Waals surface area contributed by atoms with Crippen molar-refractivity contribution in [1.29, 1.82) is 0 Å². The highest BCUT2D eigenvalue weighted by Crippen LogP contribution is 2.27. The molecule has 7 nitrogen and oxygen atoms in total. The molecule has 1 aliphatic rings. The summed E-state index contributed by atoms with van der Waals surface area (Å²) in [6, 6.07) is 17.3. The van der Waals surface area contributed by atoms with Crippen molar-refractivity contribution in [2.45, 2.75) is 85.5 Å². The average molecular weight is 570 g/mol. The highest BCUT2D eigenvalue weighted by Gasteiger charge is 2.27. The highest BCUT2D eigenvalue weighted by atomic mass is 16.2. The molecule has 0 bridgehead atoms. The van der Waals surface area contributed by atoms with Crippen molar-refractivity contribution in [1.82, 2.24) is 20.5 Å². The van der Waals surface area contributed by atoms with Gasteiger partial charge in [0.25, 0.3) is 11.8 Å². The monoisotopic (exact) mass is 569 g/mol. The van der Waals surface area contributed by atoms with Gasteiger partial charge in [-0.25, -0.2) is 0 Å². The zero-order valence-electron chi connectivity index (χ0n) is 26.1. The number of amides is 2. The van der Waals surface area contributed by atoms with E-state index < -0.39 is 0 Å². The number of hydrogen-bond donors (Lipinski definition) is 2. The number of likely N-dealkylation sites (tertiary alicyclic amines) is 1. The standard InChI is InChI=1S/C35H47N5O2/c1-24(2)38-35(42)33-26(4)20-29(21-27(33)5)34(41)37-17-13-28(6)39-18-14-32(15-19-39)40(31-10-8-7-9-11-31)23-30-22-36-16-12-25(30)3/h7-12,16,20-22,24,28,32H,13-15,17-19,23H2,1-6H3,(H,37,41)(H,38,42)/t28-/m1/s1. The predicted octanol–water partition coefficient (Wildman–Crippen LogP) is 5.82. The number of carbonyl (C=O) groups excluding carboxylic acids is 2. The molecule has 1 aromatic heterocycles. The number of anilines is 1. The summed E-state index contributed by atoms with van der Waals surface area (Å²) in [5, 5.41) is 6.05. The van der Waals surface area contributed by atoms with E-state index >= 15 is 0 Å². The van der Waals surface area contributed by atoms with Gasteiger partial charge >= 0.3 is 0 Å². The first-order chi connectivity index (χ1) is 20.1.